The van der Waals surface area contributed by atoms with Crippen LogP contribution in [0.2, 0.25) is 0 Å². The Balaban J connectivity index is 1.38. The van der Waals surface area contributed by atoms with Gasteiger partial charge in [-0.15, -0.1) is 11.8 Å². The molecule has 0 atom stereocenters. The Morgan fingerprint density at radius 3 is 2.62 bits per heavy atom. The second-order valence-corrected chi connectivity index (χ2v) is 7.54. The van der Waals surface area contributed by atoms with Crippen molar-refractivity contribution in [1.29, 1.82) is 0 Å². The van der Waals surface area contributed by atoms with Crippen molar-refractivity contribution in [2.45, 2.75) is 10.1 Å². The predicted octanol–water partition coefficient (Wildman–Crippen LogP) is 4.22. The Labute approximate surface area is 160 Å². The van der Waals surface area contributed by atoms with E-state index in [1.807, 2.05) is 18.2 Å². The number of rotatable bonds is 8. The summed E-state index contributed by atoms with van der Waals surface area (Å²) in [6.45, 7) is 0.623. The maximum Gasteiger partial charge on any atom is 0.230 e. The van der Waals surface area contributed by atoms with Gasteiger partial charge in [0.1, 0.15) is 5.82 Å². The normalized spacial score (nSPS) is 10.7. The number of H-pyrrole nitrogens is 1. The van der Waals surface area contributed by atoms with Gasteiger partial charge in [-0.05, 0) is 42.0 Å². The van der Waals surface area contributed by atoms with E-state index in [-0.39, 0.29) is 11.7 Å². The van der Waals surface area contributed by atoms with Crippen LogP contribution in [0.3, 0.4) is 0 Å². The SMILES string of the molecule is O=C(CSc1ncc(-c2ccc(F)cc2)[nH]1)NCCSc1ccccc1. The second kappa shape index (κ2) is 9.45. The van der Waals surface area contributed by atoms with E-state index in [9.17, 15) is 9.18 Å². The fourth-order valence-corrected chi connectivity index (χ4v) is 3.68. The van der Waals surface area contributed by atoms with Crippen LogP contribution in [0.25, 0.3) is 11.3 Å². The zero-order chi connectivity index (χ0) is 18.2. The molecule has 0 aliphatic heterocycles. The summed E-state index contributed by atoms with van der Waals surface area (Å²) < 4.78 is 13.0. The fraction of sp³-hybridized carbons (Fsp3) is 0.158. The molecular formula is C19H18FN3OS2. The van der Waals surface area contributed by atoms with E-state index in [2.05, 4.69) is 27.4 Å². The van der Waals surface area contributed by atoms with Crippen molar-refractivity contribution < 1.29 is 9.18 Å². The summed E-state index contributed by atoms with van der Waals surface area (Å²) in [6.07, 6.45) is 1.68. The number of thioether (sulfide) groups is 2. The van der Waals surface area contributed by atoms with Crippen LogP contribution < -0.4 is 5.32 Å². The number of aromatic nitrogens is 2. The van der Waals surface area contributed by atoms with E-state index < -0.39 is 0 Å². The zero-order valence-electron chi connectivity index (χ0n) is 13.9. The lowest BCUT2D eigenvalue weighted by Gasteiger charge is -2.04. The van der Waals surface area contributed by atoms with E-state index in [1.165, 1.54) is 28.8 Å². The molecule has 3 rings (SSSR count). The molecule has 1 aromatic heterocycles. The quantitative estimate of drug-likeness (QED) is 0.449. The number of carbonyl (C=O) groups excluding carboxylic acids is 1. The van der Waals surface area contributed by atoms with Crippen LogP contribution in [0.15, 0.2) is 70.8 Å². The van der Waals surface area contributed by atoms with Gasteiger partial charge in [0.15, 0.2) is 5.16 Å². The molecule has 0 aliphatic carbocycles. The van der Waals surface area contributed by atoms with Crippen LogP contribution in [-0.4, -0.2) is 33.9 Å². The number of hydrogen-bond acceptors (Lipinski definition) is 4. The molecule has 26 heavy (non-hydrogen) atoms. The van der Waals surface area contributed by atoms with Crippen LogP contribution >= 0.6 is 23.5 Å². The van der Waals surface area contributed by atoms with Gasteiger partial charge in [0.2, 0.25) is 5.91 Å². The van der Waals surface area contributed by atoms with Gasteiger partial charge in [-0.1, -0.05) is 30.0 Å². The molecule has 0 bridgehead atoms. The topological polar surface area (TPSA) is 57.8 Å². The number of amides is 1. The third-order valence-electron chi connectivity index (χ3n) is 3.48. The molecule has 1 amide bonds. The van der Waals surface area contributed by atoms with Gasteiger partial charge in [0.25, 0.3) is 0 Å². The third-order valence-corrected chi connectivity index (χ3v) is 5.39. The molecular weight excluding hydrogens is 369 g/mol. The van der Waals surface area contributed by atoms with E-state index >= 15 is 0 Å². The van der Waals surface area contributed by atoms with Gasteiger partial charge in [0.05, 0.1) is 17.6 Å². The van der Waals surface area contributed by atoms with Crippen molar-refractivity contribution in [1.82, 2.24) is 15.3 Å². The summed E-state index contributed by atoms with van der Waals surface area (Å²) in [5.74, 6) is 0.829. The average molecular weight is 388 g/mol. The molecule has 0 saturated heterocycles. The Morgan fingerprint density at radius 2 is 1.85 bits per heavy atom. The molecule has 0 unspecified atom stereocenters. The summed E-state index contributed by atoms with van der Waals surface area (Å²) in [5.41, 5.74) is 1.65. The highest BCUT2D eigenvalue weighted by molar-refractivity contribution is 7.99. The van der Waals surface area contributed by atoms with Crippen LogP contribution in [-0.2, 0) is 4.79 Å². The number of benzene rings is 2. The number of nitrogens with zero attached hydrogens (tertiary/aromatic N) is 1. The Bertz CT molecular complexity index is 838. The molecule has 0 fully saturated rings. The maximum absolute atomic E-state index is 13.0. The molecule has 7 heteroatoms. The summed E-state index contributed by atoms with van der Waals surface area (Å²) in [7, 11) is 0. The number of halogens is 1. The molecule has 3 aromatic rings. The molecule has 0 radical (unpaired) electrons. The van der Waals surface area contributed by atoms with Crippen LogP contribution in [0.5, 0.6) is 0 Å². The molecule has 0 spiro atoms. The Kier molecular flexibility index (Phi) is 6.74. The van der Waals surface area contributed by atoms with Crippen molar-refractivity contribution in [3.63, 3.8) is 0 Å². The lowest BCUT2D eigenvalue weighted by atomic mass is 10.2. The first-order valence-electron chi connectivity index (χ1n) is 8.09. The lowest BCUT2D eigenvalue weighted by Crippen LogP contribution is -2.27. The average Bonchev–Trinajstić information content (AvgIpc) is 3.14. The van der Waals surface area contributed by atoms with Crippen LogP contribution in [0.4, 0.5) is 4.39 Å². The number of aromatic amines is 1. The van der Waals surface area contributed by atoms with Crippen molar-refractivity contribution in [2.75, 3.05) is 18.1 Å². The minimum absolute atomic E-state index is 0.0246. The molecule has 0 aliphatic rings. The van der Waals surface area contributed by atoms with Gasteiger partial charge in [-0.25, -0.2) is 9.37 Å². The fourth-order valence-electron chi connectivity index (χ4n) is 2.21. The van der Waals surface area contributed by atoms with Crippen molar-refractivity contribution >= 4 is 29.4 Å². The highest BCUT2D eigenvalue weighted by Gasteiger charge is 2.07. The summed E-state index contributed by atoms with van der Waals surface area (Å²) in [5, 5.41) is 3.57. The summed E-state index contributed by atoms with van der Waals surface area (Å²) >= 11 is 3.05. The predicted molar refractivity (Wildman–Crippen MR) is 105 cm³/mol. The number of hydrogen-bond donors (Lipinski definition) is 2. The second-order valence-electron chi connectivity index (χ2n) is 5.41. The first kappa shape index (κ1) is 18.5. The van der Waals surface area contributed by atoms with Crippen LogP contribution in [0.1, 0.15) is 0 Å². The molecule has 134 valence electrons. The molecule has 2 N–H and O–H groups in total. The number of imidazole rings is 1. The Hall–Kier alpha value is -2.25. The standard InChI is InChI=1S/C19H18FN3OS2/c20-15-8-6-14(7-9-15)17-12-22-19(23-17)26-13-18(24)21-10-11-25-16-4-2-1-3-5-16/h1-9,12H,10-11,13H2,(H,21,24)(H,22,23). The van der Waals surface area contributed by atoms with Gasteiger partial charge in [-0.3, -0.25) is 4.79 Å². The first-order chi connectivity index (χ1) is 12.7. The van der Waals surface area contributed by atoms with E-state index in [0.717, 1.165) is 17.0 Å². The zero-order valence-corrected chi connectivity index (χ0v) is 15.6. The minimum Gasteiger partial charge on any atom is -0.355 e. The maximum atomic E-state index is 13.0. The molecule has 2 aromatic carbocycles. The van der Waals surface area contributed by atoms with Gasteiger partial charge < -0.3 is 10.3 Å². The summed E-state index contributed by atoms with van der Waals surface area (Å²) in [4.78, 5) is 20.5. The van der Waals surface area contributed by atoms with E-state index in [0.29, 0.717) is 17.5 Å². The third kappa shape index (κ3) is 5.64. The smallest absolute Gasteiger partial charge is 0.230 e. The molecule has 0 saturated carbocycles. The van der Waals surface area contributed by atoms with Crippen molar-refractivity contribution in [2.24, 2.45) is 0 Å². The monoisotopic (exact) mass is 387 g/mol. The number of carbonyl (C=O) groups is 1. The molecule has 4 nitrogen and oxygen atoms in total. The highest BCUT2D eigenvalue weighted by atomic mass is 32.2. The lowest BCUT2D eigenvalue weighted by molar-refractivity contribution is -0.118. The first-order valence-corrected chi connectivity index (χ1v) is 10.1. The molecule has 1 heterocycles. The van der Waals surface area contributed by atoms with Crippen molar-refractivity contribution in [3.05, 3.63) is 66.6 Å². The largest absolute Gasteiger partial charge is 0.355 e. The van der Waals surface area contributed by atoms with Crippen LogP contribution in [0, 0.1) is 5.82 Å². The minimum atomic E-state index is -0.273. The van der Waals surface area contributed by atoms with Gasteiger partial charge in [-0.2, -0.15) is 0 Å². The number of nitrogens with one attached hydrogen (secondary N) is 2. The van der Waals surface area contributed by atoms with Gasteiger partial charge in [0, 0.05) is 17.2 Å². The van der Waals surface area contributed by atoms with E-state index in [1.54, 1.807) is 30.1 Å². The highest BCUT2D eigenvalue weighted by Crippen LogP contribution is 2.21. The van der Waals surface area contributed by atoms with Gasteiger partial charge >= 0.3 is 0 Å². The summed E-state index contributed by atoms with van der Waals surface area (Å²) in [6, 6.07) is 16.3. The Morgan fingerprint density at radius 1 is 1.08 bits per heavy atom. The van der Waals surface area contributed by atoms with E-state index in [4.69, 9.17) is 0 Å². The van der Waals surface area contributed by atoms with Crippen molar-refractivity contribution in [3.8, 4) is 11.3 Å².